The van der Waals surface area contributed by atoms with Gasteiger partial charge in [-0.2, -0.15) is 13.2 Å². The molecule has 0 bridgehead atoms. The monoisotopic (exact) mass is 194 g/mol. The van der Waals surface area contributed by atoms with Gasteiger partial charge in [0.25, 0.3) is 0 Å². The van der Waals surface area contributed by atoms with Crippen molar-refractivity contribution in [1.82, 2.24) is 9.97 Å². The lowest BCUT2D eigenvalue weighted by molar-refractivity contribution is -0.141. The Kier molecular flexibility index (Phi) is 2.60. The molecule has 1 rings (SSSR count). The van der Waals surface area contributed by atoms with Crippen LogP contribution < -0.4 is 0 Å². The number of aromatic nitrogens is 2. The highest BCUT2D eigenvalue weighted by Gasteiger charge is 2.36. The molecule has 0 unspecified atom stereocenters. The normalized spacial score (nSPS) is 12.1. The second kappa shape index (κ2) is 3.37. The largest absolute Gasteiger partial charge is 0.435 e. The van der Waals surface area contributed by atoms with Crippen molar-refractivity contribution in [3.05, 3.63) is 17.2 Å². The Morgan fingerprint density at radius 1 is 1.46 bits per heavy atom. The number of H-pyrrole nitrogens is 1. The fourth-order valence-electron chi connectivity index (χ4n) is 1.03. The zero-order valence-electron chi connectivity index (χ0n) is 6.94. The average molecular weight is 194 g/mol. The maximum atomic E-state index is 12.2. The summed E-state index contributed by atoms with van der Waals surface area (Å²) in [5.41, 5.74) is -0.921. The SMILES string of the molecule is CCc1[nH]c(CO)nc1C(F)(F)F. The minimum absolute atomic E-state index is 0.0107. The molecule has 0 saturated heterocycles. The molecule has 0 spiro atoms. The topological polar surface area (TPSA) is 48.9 Å². The fourth-order valence-corrected chi connectivity index (χ4v) is 1.03. The molecule has 0 aliphatic rings. The number of hydrogen-bond acceptors (Lipinski definition) is 2. The van der Waals surface area contributed by atoms with Gasteiger partial charge < -0.3 is 10.1 Å². The summed E-state index contributed by atoms with van der Waals surface area (Å²) < 4.78 is 36.7. The van der Waals surface area contributed by atoms with Crippen LogP contribution in [0.2, 0.25) is 0 Å². The van der Waals surface area contributed by atoms with E-state index in [9.17, 15) is 13.2 Å². The molecule has 0 amide bonds. The third-order valence-corrected chi connectivity index (χ3v) is 1.60. The minimum Gasteiger partial charge on any atom is -0.388 e. The van der Waals surface area contributed by atoms with Gasteiger partial charge in [-0.3, -0.25) is 0 Å². The van der Waals surface area contributed by atoms with Crippen LogP contribution in [0.15, 0.2) is 0 Å². The summed E-state index contributed by atoms with van der Waals surface area (Å²) in [5, 5.41) is 8.58. The Morgan fingerprint density at radius 2 is 2.08 bits per heavy atom. The van der Waals surface area contributed by atoms with E-state index in [0.29, 0.717) is 0 Å². The summed E-state index contributed by atoms with van der Waals surface area (Å²) in [4.78, 5) is 5.65. The minimum atomic E-state index is -4.45. The summed E-state index contributed by atoms with van der Waals surface area (Å²) in [6.45, 7) is 1.08. The Balaban J connectivity index is 3.11. The molecule has 0 atom stereocenters. The molecule has 0 saturated carbocycles. The van der Waals surface area contributed by atoms with Crippen molar-refractivity contribution in [1.29, 1.82) is 0 Å². The molecule has 1 aromatic heterocycles. The second-order valence-corrected chi connectivity index (χ2v) is 2.52. The molecule has 0 aliphatic heterocycles. The van der Waals surface area contributed by atoms with Gasteiger partial charge in [-0.05, 0) is 6.42 Å². The van der Waals surface area contributed by atoms with E-state index in [2.05, 4.69) is 9.97 Å². The Bertz CT molecular complexity index is 292. The third-order valence-electron chi connectivity index (χ3n) is 1.60. The number of aliphatic hydroxyl groups excluding tert-OH is 1. The number of aryl methyl sites for hydroxylation is 1. The number of aliphatic hydroxyl groups is 1. The number of halogens is 3. The molecule has 0 aromatic carbocycles. The lowest BCUT2D eigenvalue weighted by atomic mass is 10.2. The van der Waals surface area contributed by atoms with E-state index < -0.39 is 18.5 Å². The number of hydrogen-bond donors (Lipinski definition) is 2. The fraction of sp³-hybridized carbons (Fsp3) is 0.571. The van der Waals surface area contributed by atoms with Crippen molar-refractivity contribution < 1.29 is 18.3 Å². The van der Waals surface area contributed by atoms with E-state index in [0.717, 1.165) is 0 Å². The van der Waals surface area contributed by atoms with Gasteiger partial charge in [-0.1, -0.05) is 6.92 Å². The number of nitrogens with zero attached hydrogens (tertiary/aromatic N) is 1. The average Bonchev–Trinajstić information content (AvgIpc) is 2.46. The van der Waals surface area contributed by atoms with Gasteiger partial charge in [0.15, 0.2) is 5.69 Å². The molecular formula is C7H9F3N2O. The lowest BCUT2D eigenvalue weighted by Crippen LogP contribution is -2.08. The number of alkyl halides is 3. The van der Waals surface area contributed by atoms with Crippen LogP contribution in [0.1, 0.15) is 24.1 Å². The molecule has 1 aromatic rings. The molecule has 0 aliphatic carbocycles. The summed E-state index contributed by atoms with van der Waals surface area (Å²) >= 11 is 0. The molecule has 6 heteroatoms. The Hall–Kier alpha value is -1.04. The maximum Gasteiger partial charge on any atom is 0.435 e. The van der Waals surface area contributed by atoms with Gasteiger partial charge >= 0.3 is 6.18 Å². The first-order chi connectivity index (χ1) is 5.99. The first kappa shape index (κ1) is 10.0. The summed E-state index contributed by atoms with van der Waals surface area (Å²) in [6.07, 6.45) is -4.24. The van der Waals surface area contributed by atoms with Crippen LogP contribution in [0.25, 0.3) is 0 Å². The number of aromatic amines is 1. The number of imidazole rings is 1. The van der Waals surface area contributed by atoms with Crippen LogP contribution in [0, 0.1) is 0 Å². The Labute approximate surface area is 72.6 Å². The van der Waals surface area contributed by atoms with E-state index in [-0.39, 0.29) is 17.9 Å². The van der Waals surface area contributed by atoms with Crippen LogP contribution in [0.5, 0.6) is 0 Å². The van der Waals surface area contributed by atoms with Crippen LogP contribution in [0.4, 0.5) is 13.2 Å². The third kappa shape index (κ3) is 2.00. The predicted molar refractivity (Wildman–Crippen MR) is 38.9 cm³/mol. The van der Waals surface area contributed by atoms with Crippen LogP contribution in [-0.2, 0) is 19.2 Å². The van der Waals surface area contributed by atoms with Gasteiger partial charge in [-0.25, -0.2) is 4.98 Å². The highest BCUT2D eigenvalue weighted by molar-refractivity contribution is 5.17. The van der Waals surface area contributed by atoms with Crippen molar-refractivity contribution in [3.8, 4) is 0 Å². The molecule has 74 valence electrons. The van der Waals surface area contributed by atoms with E-state index in [1.807, 2.05) is 0 Å². The molecule has 0 radical (unpaired) electrons. The van der Waals surface area contributed by atoms with Crippen LogP contribution in [0.3, 0.4) is 0 Å². The highest BCUT2D eigenvalue weighted by atomic mass is 19.4. The predicted octanol–water partition coefficient (Wildman–Crippen LogP) is 1.48. The molecular weight excluding hydrogens is 185 g/mol. The van der Waals surface area contributed by atoms with Gasteiger partial charge in [0.2, 0.25) is 0 Å². The van der Waals surface area contributed by atoms with Crippen molar-refractivity contribution >= 4 is 0 Å². The highest BCUT2D eigenvalue weighted by Crippen LogP contribution is 2.30. The number of rotatable bonds is 2. The quantitative estimate of drug-likeness (QED) is 0.749. The van der Waals surface area contributed by atoms with E-state index in [1.165, 1.54) is 0 Å². The first-order valence-corrected chi connectivity index (χ1v) is 3.74. The molecule has 13 heavy (non-hydrogen) atoms. The van der Waals surface area contributed by atoms with Gasteiger partial charge in [0.1, 0.15) is 12.4 Å². The van der Waals surface area contributed by atoms with E-state index in [4.69, 9.17) is 5.11 Å². The number of nitrogens with one attached hydrogen (secondary N) is 1. The van der Waals surface area contributed by atoms with Crippen LogP contribution in [-0.4, -0.2) is 15.1 Å². The van der Waals surface area contributed by atoms with Gasteiger partial charge in [0, 0.05) is 5.69 Å². The zero-order chi connectivity index (χ0) is 10.1. The zero-order valence-corrected chi connectivity index (χ0v) is 6.94. The van der Waals surface area contributed by atoms with Crippen LogP contribution >= 0.6 is 0 Å². The standard InChI is InChI=1S/C7H9F3N2O/c1-2-4-6(7(8,9)10)12-5(3-13)11-4/h13H,2-3H2,1H3,(H,11,12). The van der Waals surface area contributed by atoms with Crippen molar-refractivity contribution in [2.24, 2.45) is 0 Å². The van der Waals surface area contributed by atoms with Crippen molar-refractivity contribution in [2.45, 2.75) is 26.1 Å². The maximum absolute atomic E-state index is 12.2. The van der Waals surface area contributed by atoms with Crippen molar-refractivity contribution in [2.75, 3.05) is 0 Å². The van der Waals surface area contributed by atoms with Gasteiger partial charge in [0.05, 0.1) is 0 Å². The molecule has 3 nitrogen and oxygen atoms in total. The first-order valence-electron chi connectivity index (χ1n) is 3.74. The van der Waals surface area contributed by atoms with E-state index in [1.54, 1.807) is 6.92 Å². The second-order valence-electron chi connectivity index (χ2n) is 2.52. The lowest BCUT2D eigenvalue weighted by Gasteiger charge is -2.03. The van der Waals surface area contributed by atoms with Gasteiger partial charge in [-0.15, -0.1) is 0 Å². The Morgan fingerprint density at radius 3 is 2.38 bits per heavy atom. The summed E-state index contributed by atoms with van der Waals surface area (Å²) in [5.74, 6) is -0.0517. The molecule has 0 fully saturated rings. The summed E-state index contributed by atoms with van der Waals surface area (Å²) in [6, 6.07) is 0. The van der Waals surface area contributed by atoms with E-state index >= 15 is 0 Å². The molecule has 2 N–H and O–H groups in total. The smallest absolute Gasteiger partial charge is 0.388 e. The summed E-state index contributed by atoms with van der Waals surface area (Å²) in [7, 11) is 0. The molecule has 1 heterocycles. The van der Waals surface area contributed by atoms with Crippen molar-refractivity contribution in [3.63, 3.8) is 0 Å².